The Morgan fingerprint density at radius 1 is 0.920 bits per heavy atom. The van der Waals surface area contributed by atoms with Crippen molar-refractivity contribution in [1.29, 1.82) is 0 Å². The highest BCUT2D eigenvalue weighted by Crippen LogP contribution is 2.26. The van der Waals surface area contributed by atoms with E-state index in [0.29, 0.717) is 22.8 Å². The molecule has 1 amide bonds. The average Bonchev–Trinajstić information content (AvgIpc) is 3.19. The molecule has 0 atom stereocenters. The molecule has 5 heteroatoms. The second kappa shape index (κ2) is 6.89. The molecule has 5 nitrogen and oxygen atoms in total. The maximum Gasteiger partial charge on any atom is 0.259 e. The maximum atomic E-state index is 12.9. The SMILES string of the molecule is O=C(c1ccccc1-c1nc(-c2ccccc2)no1)N1CCCCC1. The van der Waals surface area contributed by atoms with Crippen LogP contribution in [0.1, 0.15) is 29.6 Å². The van der Waals surface area contributed by atoms with Crippen LogP contribution in [-0.4, -0.2) is 34.0 Å². The highest BCUT2D eigenvalue weighted by molar-refractivity contribution is 6.00. The molecule has 25 heavy (non-hydrogen) atoms. The fourth-order valence-corrected chi connectivity index (χ4v) is 3.16. The van der Waals surface area contributed by atoms with Crippen LogP contribution in [0.15, 0.2) is 59.1 Å². The minimum atomic E-state index is 0.0368. The van der Waals surface area contributed by atoms with Gasteiger partial charge in [-0.05, 0) is 31.4 Å². The summed E-state index contributed by atoms with van der Waals surface area (Å²) in [7, 11) is 0. The van der Waals surface area contributed by atoms with E-state index in [9.17, 15) is 4.79 Å². The summed E-state index contributed by atoms with van der Waals surface area (Å²) in [6, 6.07) is 17.1. The molecule has 126 valence electrons. The molecule has 0 unspecified atom stereocenters. The van der Waals surface area contributed by atoms with Crippen LogP contribution in [0.25, 0.3) is 22.8 Å². The lowest BCUT2D eigenvalue weighted by Crippen LogP contribution is -2.35. The van der Waals surface area contributed by atoms with Gasteiger partial charge in [-0.25, -0.2) is 0 Å². The molecule has 2 heterocycles. The Hall–Kier alpha value is -2.95. The number of benzene rings is 2. The van der Waals surface area contributed by atoms with Gasteiger partial charge in [0.25, 0.3) is 11.8 Å². The van der Waals surface area contributed by atoms with Crippen LogP contribution in [-0.2, 0) is 0 Å². The molecule has 1 aliphatic heterocycles. The number of aromatic nitrogens is 2. The summed E-state index contributed by atoms with van der Waals surface area (Å²) < 4.78 is 5.45. The van der Waals surface area contributed by atoms with Crippen molar-refractivity contribution in [2.75, 3.05) is 13.1 Å². The zero-order valence-corrected chi connectivity index (χ0v) is 13.9. The first-order valence-electron chi connectivity index (χ1n) is 8.61. The standard InChI is InChI=1S/C20H19N3O2/c24-20(23-13-7-2-8-14-23)17-12-6-5-11-16(17)19-21-18(22-25-19)15-9-3-1-4-10-15/h1,3-6,9-12H,2,7-8,13-14H2. The lowest BCUT2D eigenvalue weighted by molar-refractivity contribution is 0.0725. The van der Waals surface area contributed by atoms with Crippen LogP contribution in [0.3, 0.4) is 0 Å². The van der Waals surface area contributed by atoms with Gasteiger partial charge in [0.05, 0.1) is 11.1 Å². The number of amides is 1. The molecule has 0 N–H and O–H groups in total. The second-order valence-corrected chi connectivity index (χ2v) is 6.19. The third-order valence-electron chi connectivity index (χ3n) is 4.49. The van der Waals surface area contributed by atoms with E-state index in [4.69, 9.17) is 4.52 Å². The molecule has 1 aromatic heterocycles. The number of carbonyl (C=O) groups excluding carboxylic acids is 1. The van der Waals surface area contributed by atoms with Crippen LogP contribution in [0.2, 0.25) is 0 Å². The summed E-state index contributed by atoms with van der Waals surface area (Å²) in [5.41, 5.74) is 2.19. The number of rotatable bonds is 3. The van der Waals surface area contributed by atoms with Crippen molar-refractivity contribution in [3.8, 4) is 22.8 Å². The third kappa shape index (κ3) is 3.18. The van der Waals surface area contributed by atoms with Crippen molar-refractivity contribution < 1.29 is 9.32 Å². The van der Waals surface area contributed by atoms with Gasteiger partial charge >= 0.3 is 0 Å². The summed E-state index contributed by atoms with van der Waals surface area (Å²) in [5, 5.41) is 4.06. The Morgan fingerprint density at radius 2 is 1.64 bits per heavy atom. The molecule has 0 saturated carbocycles. The fraction of sp³-hybridized carbons (Fsp3) is 0.250. The van der Waals surface area contributed by atoms with E-state index in [2.05, 4.69) is 10.1 Å². The van der Waals surface area contributed by atoms with E-state index in [1.165, 1.54) is 6.42 Å². The topological polar surface area (TPSA) is 59.2 Å². The Morgan fingerprint density at radius 3 is 2.44 bits per heavy atom. The number of piperidine rings is 1. The predicted molar refractivity (Wildman–Crippen MR) is 94.9 cm³/mol. The first-order chi connectivity index (χ1) is 12.3. The molecule has 3 aromatic rings. The van der Waals surface area contributed by atoms with Crippen LogP contribution in [0.4, 0.5) is 0 Å². The highest BCUT2D eigenvalue weighted by atomic mass is 16.5. The first kappa shape index (κ1) is 15.6. The summed E-state index contributed by atoms with van der Waals surface area (Å²) in [6.07, 6.45) is 3.31. The van der Waals surface area contributed by atoms with E-state index >= 15 is 0 Å². The number of likely N-dealkylation sites (tertiary alicyclic amines) is 1. The van der Waals surface area contributed by atoms with Gasteiger partial charge in [-0.15, -0.1) is 0 Å². The second-order valence-electron chi connectivity index (χ2n) is 6.19. The molecule has 2 aromatic carbocycles. The van der Waals surface area contributed by atoms with Crippen molar-refractivity contribution in [2.24, 2.45) is 0 Å². The lowest BCUT2D eigenvalue weighted by Gasteiger charge is -2.27. The average molecular weight is 333 g/mol. The zero-order chi connectivity index (χ0) is 17.1. The van der Waals surface area contributed by atoms with E-state index in [-0.39, 0.29) is 5.91 Å². The molecular weight excluding hydrogens is 314 g/mol. The van der Waals surface area contributed by atoms with Crippen LogP contribution < -0.4 is 0 Å². The van der Waals surface area contributed by atoms with E-state index in [1.807, 2.05) is 59.5 Å². The van der Waals surface area contributed by atoms with Crippen LogP contribution in [0.5, 0.6) is 0 Å². The molecule has 4 rings (SSSR count). The van der Waals surface area contributed by atoms with Gasteiger partial charge in [-0.1, -0.05) is 47.6 Å². The number of hydrogen-bond donors (Lipinski definition) is 0. The van der Waals surface area contributed by atoms with E-state index in [1.54, 1.807) is 0 Å². The summed E-state index contributed by atoms with van der Waals surface area (Å²) in [5.74, 6) is 0.936. The Kier molecular flexibility index (Phi) is 4.29. The zero-order valence-electron chi connectivity index (χ0n) is 13.9. The quantitative estimate of drug-likeness (QED) is 0.726. The van der Waals surface area contributed by atoms with Gasteiger partial charge in [0.1, 0.15) is 0 Å². The van der Waals surface area contributed by atoms with Gasteiger partial charge in [-0.2, -0.15) is 4.98 Å². The Bertz CT molecular complexity index is 867. The van der Waals surface area contributed by atoms with Gasteiger partial charge in [0.2, 0.25) is 5.82 Å². The third-order valence-corrected chi connectivity index (χ3v) is 4.49. The first-order valence-corrected chi connectivity index (χ1v) is 8.61. The molecular formula is C20H19N3O2. The minimum Gasteiger partial charge on any atom is -0.339 e. The van der Waals surface area contributed by atoms with Gasteiger partial charge in [-0.3, -0.25) is 4.79 Å². The molecule has 0 spiro atoms. The summed E-state index contributed by atoms with van der Waals surface area (Å²) in [6.45, 7) is 1.62. The van der Waals surface area contributed by atoms with Crippen molar-refractivity contribution in [1.82, 2.24) is 15.0 Å². The largest absolute Gasteiger partial charge is 0.339 e. The molecule has 0 aliphatic carbocycles. The molecule has 0 radical (unpaired) electrons. The Balaban J connectivity index is 1.67. The fourth-order valence-electron chi connectivity index (χ4n) is 3.16. The smallest absolute Gasteiger partial charge is 0.259 e. The van der Waals surface area contributed by atoms with E-state index < -0.39 is 0 Å². The van der Waals surface area contributed by atoms with Gasteiger partial charge in [0, 0.05) is 18.7 Å². The van der Waals surface area contributed by atoms with Crippen molar-refractivity contribution in [3.63, 3.8) is 0 Å². The van der Waals surface area contributed by atoms with Crippen molar-refractivity contribution in [3.05, 3.63) is 60.2 Å². The normalized spacial score (nSPS) is 14.5. The molecule has 1 aliphatic rings. The van der Waals surface area contributed by atoms with Crippen molar-refractivity contribution >= 4 is 5.91 Å². The monoisotopic (exact) mass is 333 g/mol. The van der Waals surface area contributed by atoms with E-state index in [0.717, 1.165) is 31.5 Å². The number of carbonyl (C=O) groups is 1. The molecule has 1 fully saturated rings. The summed E-state index contributed by atoms with van der Waals surface area (Å²) >= 11 is 0. The van der Waals surface area contributed by atoms with Gasteiger partial charge < -0.3 is 9.42 Å². The lowest BCUT2D eigenvalue weighted by atomic mass is 10.0. The van der Waals surface area contributed by atoms with Crippen molar-refractivity contribution in [2.45, 2.75) is 19.3 Å². The number of hydrogen-bond acceptors (Lipinski definition) is 4. The predicted octanol–water partition coefficient (Wildman–Crippen LogP) is 4.03. The summed E-state index contributed by atoms with van der Waals surface area (Å²) in [4.78, 5) is 19.3. The van der Waals surface area contributed by atoms with Crippen LogP contribution >= 0.6 is 0 Å². The molecule has 1 saturated heterocycles. The molecule has 0 bridgehead atoms. The highest BCUT2D eigenvalue weighted by Gasteiger charge is 2.23. The maximum absolute atomic E-state index is 12.9. The Labute approximate surface area is 146 Å². The van der Waals surface area contributed by atoms with Gasteiger partial charge in [0.15, 0.2) is 0 Å². The minimum absolute atomic E-state index is 0.0368. The van der Waals surface area contributed by atoms with Crippen LogP contribution in [0, 0.1) is 0 Å². The number of nitrogens with zero attached hydrogens (tertiary/aromatic N) is 3.